The van der Waals surface area contributed by atoms with Crippen LogP contribution in [0, 0.1) is 5.41 Å². The lowest BCUT2D eigenvalue weighted by atomic mass is 9.67. The lowest BCUT2D eigenvalue weighted by molar-refractivity contribution is 0.0526. The summed E-state index contributed by atoms with van der Waals surface area (Å²) in [6.07, 6.45) is 4.88. The second-order valence-corrected chi connectivity index (χ2v) is 7.06. The molecule has 1 aromatic rings. The molecule has 2 N–H and O–H groups in total. The molecule has 28 heavy (non-hydrogen) atoms. The molecule has 0 bridgehead atoms. The van der Waals surface area contributed by atoms with E-state index in [0.29, 0.717) is 24.1 Å². The Balaban J connectivity index is 0.00000392. The summed E-state index contributed by atoms with van der Waals surface area (Å²) in [4.78, 5) is 16.4. The van der Waals surface area contributed by atoms with E-state index >= 15 is 0 Å². The first kappa shape index (κ1) is 24.7. The van der Waals surface area contributed by atoms with Crippen LogP contribution in [0.3, 0.4) is 0 Å². The zero-order valence-electron chi connectivity index (χ0n) is 17.3. The van der Waals surface area contributed by atoms with E-state index in [9.17, 15) is 4.79 Å². The SMILES string of the molecule is CCNC(=NCc1ccc(C(=O)OCC)cc1)NCC1(CCOC)CCC1.I. The molecule has 0 aromatic heterocycles. The molecule has 0 spiro atoms. The number of carbonyl (C=O) groups is 1. The van der Waals surface area contributed by atoms with Crippen molar-refractivity contribution >= 4 is 35.9 Å². The highest BCUT2D eigenvalue weighted by atomic mass is 127. The fourth-order valence-corrected chi connectivity index (χ4v) is 3.25. The largest absolute Gasteiger partial charge is 0.462 e. The molecular weight excluding hydrogens is 469 g/mol. The zero-order valence-corrected chi connectivity index (χ0v) is 19.6. The minimum Gasteiger partial charge on any atom is -0.462 e. The molecule has 1 aliphatic rings. The molecule has 158 valence electrons. The van der Waals surface area contributed by atoms with Crippen molar-refractivity contribution in [3.05, 3.63) is 35.4 Å². The number of halogens is 1. The molecule has 1 aliphatic carbocycles. The van der Waals surface area contributed by atoms with Crippen LogP contribution in [0.4, 0.5) is 0 Å². The molecule has 1 aromatic carbocycles. The third-order valence-electron chi connectivity index (χ3n) is 5.11. The number of guanidine groups is 1. The number of methoxy groups -OCH3 is 1. The lowest BCUT2D eigenvalue weighted by Gasteiger charge is -2.42. The maximum Gasteiger partial charge on any atom is 0.338 e. The second kappa shape index (κ2) is 13.0. The summed E-state index contributed by atoms with van der Waals surface area (Å²) < 4.78 is 10.3. The molecule has 0 heterocycles. The molecule has 0 unspecified atom stereocenters. The molecule has 1 fully saturated rings. The van der Waals surface area contributed by atoms with Gasteiger partial charge in [0.05, 0.1) is 18.7 Å². The van der Waals surface area contributed by atoms with Crippen LogP contribution >= 0.6 is 24.0 Å². The van der Waals surface area contributed by atoms with Gasteiger partial charge in [0.2, 0.25) is 0 Å². The maximum absolute atomic E-state index is 11.7. The Bertz CT molecular complexity index is 616. The van der Waals surface area contributed by atoms with Gasteiger partial charge in [0.15, 0.2) is 5.96 Å². The zero-order chi connectivity index (χ0) is 19.5. The molecule has 6 nitrogen and oxygen atoms in total. The predicted molar refractivity (Wildman–Crippen MR) is 123 cm³/mol. The number of hydrogen-bond acceptors (Lipinski definition) is 4. The minimum atomic E-state index is -0.288. The first-order valence-electron chi connectivity index (χ1n) is 9.89. The van der Waals surface area contributed by atoms with Gasteiger partial charge in [-0.05, 0) is 56.2 Å². The summed E-state index contributed by atoms with van der Waals surface area (Å²) in [5.74, 6) is 0.542. The van der Waals surface area contributed by atoms with Crippen molar-refractivity contribution in [2.75, 3.05) is 33.4 Å². The summed E-state index contributed by atoms with van der Waals surface area (Å²) in [6.45, 7) is 7.36. The van der Waals surface area contributed by atoms with Gasteiger partial charge in [-0.15, -0.1) is 24.0 Å². The Hall–Kier alpha value is -1.35. The van der Waals surface area contributed by atoms with Crippen LogP contribution < -0.4 is 10.6 Å². The number of hydrogen-bond donors (Lipinski definition) is 2. The fourth-order valence-electron chi connectivity index (χ4n) is 3.25. The summed E-state index contributed by atoms with van der Waals surface area (Å²) in [6, 6.07) is 7.42. The highest BCUT2D eigenvalue weighted by molar-refractivity contribution is 14.0. The van der Waals surface area contributed by atoms with E-state index in [1.807, 2.05) is 12.1 Å². The van der Waals surface area contributed by atoms with Crippen molar-refractivity contribution in [3.63, 3.8) is 0 Å². The van der Waals surface area contributed by atoms with Gasteiger partial charge in [-0.2, -0.15) is 0 Å². The third-order valence-corrected chi connectivity index (χ3v) is 5.11. The van der Waals surface area contributed by atoms with E-state index in [-0.39, 0.29) is 29.9 Å². The molecule has 0 aliphatic heterocycles. The maximum atomic E-state index is 11.7. The van der Waals surface area contributed by atoms with Crippen molar-refractivity contribution in [1.29, 1.82) is 0 Å². The summed E-state index contributed by atoms with van der Waals surface area (Å²) in [7, 11) is 1.76. The smallest absolute Gasteiger partial charge is 0.338 e. The Labute approximate surface area is 185 Å². The summed E-state index contributed by atoms with van der Waals surface area (Å²) >= 11 is 0. The van der Waals surface area contributed by atoms with Crippen LogP contribution in [0.2, 0.25) is 0 Å². The van der Waals surface area contributed by atoms with Crippen LogP contribution in [-0.2, 0) is 16.0 Å². The number of nitrogens with zero attached hydrogens (tertiary/aromatic N) is 1. The summed E-state index contributed by atoms with van der Waals surface area (Å²) in [5.41, 5.74) is 1.96. The van der Waals surface area contributed by atoms with E-state index in [2.05, 4.69) is 22.5 Å². The monoisotopic (exact) mass is 503 g/mol. The molecule has 2 rings (SSSR count). The van der Waals surface area contributed by atoms with E-state index in [1.165, 1.54) is 19.3 Å². The van der Waals surface area contributed by atoms with Crippen LogP contribution in [0.15, 0.2) is 29.3 Å². The van der Waals surface area contributed by atoms with Crippen molar-refractivity contribution in [2.24, 2.45) is 10.4 Å². The predicted octanol–water partition coefficient (Wildman–Crippen LogP) is 3.74. The Kier molecular flexibility index (Phi) is 11.4. The van der Waals surface area contributed by atoms with Gasteiger partial charge in [0, 0.05) is 26.8 Å². The van der Waals surface area contributed by atoms with Crippen LogP contribution in [0.5, 0.6) is 0 Å². The average Bonchev–Trinajstić information content (AvgIpc) is 2.65. The van der Waals surface area contributed by atoms with Crippen LogP contribution in [-0.4, -0.2) is 45.3 Å². The first-order valence-corrected chi connectivity index (χ1v) is 9.89. The number of aliphatic imine (C=N–C) groups is 1. The highest BCUT2D eigenvalue weighted by Gasteiger charge is 2.36. The number of benzene rings is 1. The Morgan fingerprint density at radius 1 is 1.18 bits per heavy atom. The van der Waals surface area contributed by atoms with E-state index in [1.54, 1.807) is 26.2 Å². The van der Waals surface area contributed by atoms with E-state index < -0.39 is 0 Å². The second-order valence-electron chi connectivity index (χ2n) is 7.06. The van der Waals surface area contributed by atoms with Gasteiger partial charge in [-0.25, -0.2) is 9.79 Å². The van der Waals surface area contributed by atoms with Crippen molar-refractivity contribution in [2.45, 2.75) is 46.1 Å². The lowest BCUT2D eigenvalue weighted by Crippen LogP contribution is -2.46. The first-order chi connectivity index (χ1) is 13.1. The van der Waals surface area contributed by atoms with E-state index in [0.717, 1.165) is 37.6 Å². The molecular formula is C21H34IN3O3. The molecule has 0 radical (unpaired) electrons. The van der Waals surface area contributed by atoms with Crippen molar-refractivity contribution < 1.29 is 14.3 Å². The average molecular weight is 503 g/mol. The van der Waals surface area contributed by atoms with E-state index in [4.69, 9.17) is 9.47 Å². The number of esters is 1. The molecule has 7 heteroatoms. The standard InChI is InChI=1S/C21H33N3O3.HI/c1-4-22-20(24-16-21(11-6-12-21)13-14-26-3)23-15-17-7-9-18(10-8-17)19(25)27-5-2;/h7-10H,4-6,11-16H2,1-3H3,(H2,22,23,24);1H. The number of nitrogens with one attached hydrogen (secondary N) is 2. The van der Waals surface area contributed by atoms with Gasteiger partial charge in [-0.3, -0.25) is 0 Å². The van der Waals surface area contributed by atoms with Crippen LogP contribution in [0.1, 0.15) is 55.5 Å². The van der Waals surface area contributed by atoms with Gasteiger partial charge in [-0.1, -0.05) is 18.6 Å². The quantitative estimate of drug-likeness (QED) is 0.220. The topological polar surface area (TPSA) is 72.0 Å². The molecule has 0 atom stereocenters. The number of rotatable bonds is 10. The number of carbonyl (C=O) groups excluding carboxylic acids is 1. The van der Waals surface area contributed by atoms with Gasteiger partial charge in [0.25, 0.3) is 0 Å². The Morgan fingerprint density at radius 3 is 2.43 bits per heavy atom. The van der Waals surface area contributed by atoms with Crippen LogP contribution in [0.25, 0.3) is 0 Å². The van der Waals surface area contributed by atoms with Gasteiger partial charge in [0.1, 0.15) is 0 Å². The fraction of sp³-hybridized carbons (Fsp3) is 0.619. The van der Waals surface area contributed by atoms with Gasteiger partial charge >= 0.3 is 5.97 Å². The molecule has 1 saturated carbocycles. The van der Waals surface area contributed by atoms with Crippen molar-refractivity contribution in [1.82, 2.24) is 10.6 Å². The normalized spacial score (nSPS) is 15.2. The van der Waals surface area contributed by atoms with Gasteiger partial charge < -0.3 is 20.1 Å². The molecule has 0 amide bonds. The molecule has 0 saturated heterocycles. The van der Waals surface area contributed by atoms with Crippen molar-refractivity contribution in [3.8, 4) is 0 Å². The highest BCUT2D eigenvalue weighted by Crippen LogP contribution is 2.43. The third kappa shape index (κ3) is 7.58. The minimum absolute atomic E-state index is 0. The Morgan fingerprint density at radius 2 is 1.89 bits per heavy atom. The summed E-state index contributed by atoms with van der Waals surface area (Å²) in [5, 5.41) is 6.81. The number of ether oxygens (including phenoxy) is 2.